The van der Waals surface area contributed by atoms with E-state index in [1.807, 2.05) is 44.2 Å². The Bertz CT molecular complexity index is 801. The van der Waals surface area contributed by atoms with Gasteiger partial charge in [0.2, 0.25) is 0 Å². The van der Waals surface area contributed by atoms with Gasteiger partial charge in [0, 0.05) is 12.3 Å². The van der Waals surface area contributed by atoms with Crippen molar-refractivity contribution in [2.24, 2.45) is 0 Å². The summed E-state index contributed by atoms with van der Waals surface area (Å²) in [5, 5.41) is 0.665. The highest BCUT2D eigenvalue weighted by molar-refractivity contribution is 5.81. The van der Waals surface area contributed by atoms with Crippen molar-refractivity contribution in [2.45, 2.75) is 13.8 Å². The quantitative estimate of drug-likeness (QED) is 0.720. The lowest BCUT2D eigenvalue weighted by atomic mass is 10.1. The molecule has 0 spiro atoms. The molecule has 3 rings (SSSR count). The van der Waals surface area contributed by atoms with Crippen LogP contribution < -0.4 is 5.43 Å². The molecule has 0 aliphatic rings. The van der Waals surface area contributed by atoms with Crippen LogP contribution in [0.2, 0.25) is 0 Å². The Kier molecular flexibility index (Phi) is 2.67. The fraction of sp³-hybridized carbons (Fsp3) is 0.125. The van der Waals surface area contributed by atoms with Gasteiger partial charge in [-0.05, 0) is 31.0 Å². The molecule has 0 amide bonds. The van der Waals surface area contributed by atoms with Gasteiger partial charge in [0.15, 0.2) is 5.43 Å². The van der Waals surface area contributed by atoms with E-state index in [0.717, 1.165) is 16.8 Å². The third kappa shape index (κ3) is 2.03. The maximum absolute atomic E-state index is 12.2. The molecule has 0 unspecified atom stereocenters. The Labute approximate surface area is 111 Å². The first-order valence-corrected chi connectivity index (χ1v) is 6.21. The number of aromatic amines is 1. The molecule has 0 atom stereocenters. The van der Waals surface area contributed by atoms with Crippen LogP contribution in [0, 0.1) is 13.8 Å². The minimum Gasteiger partial charge on any atom is -0.339 e. The highest BCUT2D eigenvalue weighted by atomic mass is 16.1. The maximum atomic E-state index is 12.2. The van der Waals surface area contributed by atoms with Gasteiger partial charge in [-0.2, -0.15) is 0 Å². The van der Waals surface area contributed by atoms with Gasteiger partial charge in [0.25, 0.3) is 0 Å². The summed E-state index contributed by atoms with van der Waals surface area (Å²) in [6, 6.07) is 11.6. The Balaban J connectivity index is 2.27. The van der Waals surface area contributed by atoms with Crippen molar-refractivity contribution in [3.05, 3.63) is 63.9 Å². The third-order valence-corrected chi connectivity index (χ3v) is 3.30. The molecule has 0 saturated carbocycles. The molecule has 1 N–H and O–H groups in total. The minimum absolute atomic E-state index is 0.00919. The highest BCUT2D eigenvalue weighted by Gasteiger charge is 2.06. The normalized spacial score (nSPS) is 10.8. The predicted molar refractivity (Wildman–Crippen MR) is 77.3 cm³/mol. The number of nitrogens with zero attached hydrogens (tertiary/aromatic N) is 1. The Morgan fingerprint density at radius 2 is 1.79 bits per heavy atom. The number of rotatable bonds is 1. The number of aromatic nitrogens is 2. The molecule has 0 radical (unpaired) electrons. The van der Waals surface area contributed by atoms with Gasteiger partial charge in [-0.1, -0.05) is 29.8 Å². The van der Waals surface area contributed by atoms with Crippen molar-refractivity contribution in [3.8, 4) is 11.3 Å². The molecule has 3 aromatic rings. The largest absolute Gasteiger partial charge is 0.339 e. The zero-order chi connectivity index (χ0) is 13.4. The van der Waals surface area contributed by atoms with Crippen LogP contribution in [0.4, 0.5) is 0 Å². The summed E-state index contributed by atoms with van der Waals surface area (Å²) in [5.74, 6) is 0. The number of nitrogens with one attached hydrogen (secondary N) is 1. The number of fused-ring (bicyclic) bond motifs is 1. The molecule has 3 heteroatoms. The first kappa shape index (κ1) is 11.7. The summed E-state index contributed by atoms with van der Waals surface area (Å²) in [5.41, 5.74) is 4.59. The van der Waals surface area contributed by atoms with E-state index in [1.165, 1.54) is 5.56 Å². The van der Waals surface area contributed by atoms with Crippen LogP contribution in [-0.4, -0.2) is 9.97 Å². The van der Waals surface area contributed by atoms with Crippen LogP contribution >= 0.6 is 0 Å². The molecule has 2 heterocycles. The average molecular weight is 250 g/mol. The van der Waals surface area contributed by atoms with E-state index in [4.69, 9.17) is 0 Å². The van der Waals surface area contributed by atoms with Gasteiger partial charge in [0.05, 0.1) is 11.1 Å². The van der Waals surface area contributed by atoms with Gasteiger partial charge in [-0.3, -0.25) is 4.79 Å². The van der Waals surface area contributed by atoms with Crippen molar-refractivity contribution in [3.63, 3.8) is 0 Å². The minimum atomic E-state index is 0.00919. The van der Waals surface area contributed by atoms with E-state index in [1.54, 1.807) is 12.3 Å². The fourth-order valence-electron chi connectivity index (χ4n) is 2.22. The topological polar surface area (TPSA) is 45.8 Å². The van der Waals surface area contributed by atoms with Crippen LogP contribution in [0.25, 0.3) is 22.3 Å². The molecule has 0 saturated heterocycles. The first-order valence-electron chi connectivity index (χ1n) is 6.21. The molecule has 3 nitrogen and oxygen atoms in total. The zero-order valence-corrected chi connectivity index (χ0v) is 10.9. The Hall–Kier alpha value is -2.42. The molecule has 94 valence electrons. The second kappa shape index (κ2) is 4.35. The fourth-order valence-corrected chi connectivity index (χ4v) is 2.22. The van der Waals surface area contributed by atoms with Crippen LogP contribution in [0.1, 0.15) is 11.1 Å². The van der Waals surface area contributed by atoms with Crippen LogP contribution in [0.3, 0.4) is 0 Å². The summed E-state index contributed by atoms with van der Waals surface area (Å²) in [6.45, 7) is 3.96. The van der Waals surface area contributed by atoms with Crippen molar-refractivity contribution in [2.75, 3.05) is 0 Å². The lowest BCUT2D eigenvalue weighted by Gasteiger charge is -2.06. The second-order valence-corrected chi connectivity index (χ2v) is 4.76. The summed E-state index contributed by atoms with van der Waals surface area (Å²) in [7, 11) is 0. The standard InChI is InChI=1S/C16H14N2O/c1-10-3-5-12(6-4-10)13-9-14(19)15-11(2)7-8-17-16(15)18-13/h3-9H,1-2H3,(H,17,18,19). The first-order chi connectivity index (χ1) is 9.15. The number of benzene rings is 1. The number of hydrogen-bond acceptors (Lipinski definition) is 2. The highest BCUT2D eigenvalue weighted by Crippen LogP contribution is 2.19. The third-order valence-electron chi connectivity index (χ3n) is 3.30. The van der Waals surface area contributed by atoms with E-state index in [9.17, 15) is 4.79 Å². The van der Waals surface area contributed by atoms with Crippen molar-refractivity contribution in [1.82, 2.24) is 9.97 Å². The molecule has 1 aromatic carbocycles. The summed E-state index contributed by atoms with van der Waals surface area (Å²) < 4.78 is 0. The molecule has 0 aliphatic carbocycles. The number of aryl methyl sites for hydroxylation is 2. The van der Waals surface area contributed by atoms with Crippen molar-refractivity contribution < 1.29 is 0 Å². The Morgan fingerprint density at radius 1 is 1.05 bits per heavy atom. The van der Waals surface area contributed by atoms with Crippen LogP contribution in [0.5, 0.6) is 0 Å². The van der Waals surface area contributed by atoms with Gasteiger partial charge >= 0.3 is 0 Å². The van der Waals surface area contributed by atoms with Gasteiger partial charge in [-0.25, -0.2) is 4.98 Å². The number of pyridine rings is 2. The molecular formula is C16H14N2O. The summed E-state index contributed by atoms with van der Waals surface area (Å²) >= 11 is 0. The predicted octanol–water partition coefficient (Wildman–Crippen LogP) is 3.21. The van der Waals surface area contributed by atoms with Crippen LogP contribution in [0.15, 0.2) is 47.4 Å². The van der Waals surface area contributed by atoms with Gasteiger partial charge in [-0.15, -0.1) is 0 Å². The molecule has 2 aromatic heterocycles. The van der Waals surface area contributed by atoms with E-state index < -0.39 is 0 Å². The van der Waals surface area contributed by atoms with Crippen LogP contribution in [-0.2, 0) is 0 Å². The molecule has 0 bridgehead atoms. The number of hydrogen-bond donors (Lipinski definition) is 1. The molecular weight excluding hydrogens is 236 g/mol. The van der Waals surface area contributed by atoms with E-state index >= 15 is 0 Å². The van der Waals surface area contributed by atoms with Gasteiger partial charge in [0.1, 0.15) is 5.65 Å². The smallest absolute Gasteiger partial charge is 0.191 e. The van der Waals surface area contributed by atoms with Crippen molar-refractivity contribution in [1.29, 1.82) is 0 Å². The van der Waals surface area contributed by atoms with Crippen molar-refractivity contribution >= 4 is 11.0 Å². The lowest BCUT2D eigenvalue weighted by Crippen LogP contribution is -2.05. The summed E-state index contributed by atoms with van der Waals surface area (Å²) in [6.07, 6.45) is 1.71. The average Bonchev–Trinajstić information content (AvgIpc) is 2.39. The zero-order valence-electron chi connectivity index (χ0n) is 10.9. The van der Waals surface area contributed by atoms with Gasteiger partial charge < -0.3 is 4.98 Å². The monoisotopic (exact) mass is 250 g/mol. The van der Waals surface area contributed by atoms with E-state index in [-0.39, 0.29) is 5.43 Å². The lowest BCUT2D eigenvalue weighted by molar-refractivity contribution is 1.26. The summed E-state index contributed by atoms with van der Waals surface area (Å²) in [4.78, 5) is 19.7. The number of H-pyrrole nitrogens is 1. The molecule has 0 fully saturated rings. The molecule has 19 heavy (non-hydrogen) atoms. The van der Waals surface area contributed by atoms with E-state index in [2.05, 4.69) is 9.97 Å². The Morgan fingerprint density at radius 3 is 2.53 bits per heavy atom. The van der Waals surface area contributed by atoms with E-state index in [0.29, 0.717) is 11.0 Å². The maximum Gasteiger partial charge on any atom is 0.191 e. The SMILES string of the molecule is Cc1ccc(-c2cc(=O)c3c(C)ccnc3[nH]2)cc1. The molecule has 0 aliphatic heterocycles. The second-order valence-electron chi connectivity index (χ2n) is 4.76.